The molecule has 110 valence electrons. The quantitative estimate of drug-likeness (QED) is 0.869. The number of carboxylic acid groups (broad SMARTS) is 1. The number of benzene rings is 1. The van der Waals surface area contributed by atoms with E-state index in [1.165, 1.54) is 0 Å². The lowest BCUT2D eigenvalue weighted by Gasteiger charge is -2.23. The van der Waals surface area contributed by atoms with Crippen LogP contribution in [-0.4, -0.2) is 23.2 Å². The first-order valence-electron chi connectivity index (χ1n) is 6.48. The molecule has 0 aliphatic carbocycles. The fourth-order valence-electron chi connectivity index (χ4n) is 1.72. The molecule has 0 spiro atoms. The molecular formula is C15H21NO4. The number of rotatable bonds is 5. The molecule has 20 heavy (non-hydrogen) atoms. The highest BCUT2D eigenvalue weighted by Gasteiger charge is 2.26. The summed E-state index contributed by atoms with van der Waals surface area (Å²) in [4.78, 5) is 22.7. The summed E-state index contributed by atoms with van der Waals surface area (Å²) in [6.45, 7) is 5.87. The van der Waals surface area contributed by atoms with Gasteiger partial charge in [0, 0.05) is 0 Å². The second kappa shape index (κ2) is 6.93. The third-order valence-corrected chi connectivity index (χ3v) is 2.62. The van der Waals surface area contributed by atoms with Crippen molar-refractivity contribution in [2.24, 2.45) is 5.41 Å². The van der Waals surface area contributed by atoms with Gasteiger partial charge >= 0.3 is 12.1 Å². The van der Waals surface area contributed by atoms with Crippen LogP contribution in [0.3, 0.4) is 0 Å². The van der Waals surface area contributed by atoms with Gasteiger partial charge in [0.25, 0.3) is 0 Å². The lowest BCUT2D eigenvalue weighted by atomic mass is 9.88. The maximum atomic E-state index is 11.6. The summed E-state index contributed by atoms with van der Waals surface area (Å²) in [6, 6.07) is 8.27. The van der Waals surface area contributed by atoms with Gasteiger partial charge in [0.1, 0.15) is 12.6 Å². The van der Waals surface area contributed by atoms with Crippen molar-refractivity contribution in [3.8, 4) is 0 Å². The molecule has 0 bridgehead atoms. The number of hydrogen-bond acceptors (Lipinski definition) is 3. The zero-order valence-corrected chi connectivity index (χ0v) is 12.1. The highest BCUT2D eigenvalue weighted by atomic mass is 16.5. The van der Waals surface area contributed by atoms with Crippen LogP contribution in [0.4, 0.5) is 4.79 Å². The number of amides is 1. The lowest BCUT2D eigenvalue weighted by Crippen LogP contribution is -2.43. The van der Waals surface area contributed by atoms with E-state index in [1.807, 2.05) is 51.1 Å². The van der Waals surface area contributed by atoms with Gasteiger partial charge in [0.05, 0.1) is 0 Å². The number of aliphatic carboxylic acids is 1. The summed E-state index contributed by atoms with van der Waals surface area (Å²) < 4.78 is 5.01. The minimum atomic E-state index is -1.06. The van der Waals surface area contributed by atoms with Gasteiger partial charge in [0.15, 0.2) is 0 Å². The Labute approximate surface area is 118 Å². The number of carbonyl (C=O) groups is 2. The monoisotopic (exact) mass is 279 g/mol. The van der Waals surface area contributed by atoms with Crippen LogP contribution < -0.4 is 5.32 Å². The topological polar surface area (TPSA) is 75.6 Å². The van der Waals surface area contributed by atoms with Gasteiger partial charge in [0.2, 0.25) is 0 Å². The largest absolute Gasteiger partial charge is 0.480 e. The summed E-state index contributed by atoms with van der Waals surface area (Å²) in [5.74, 6) is -1.06. The van der Waals surface area contributed by atoms with Crippen molar-refractivity contribution < 1.29 is 19.4 Å². The van der Waals surface area contributed by atoms with Gasteiger partial charge < -0.3 is 15.2 Å². The van der Waals surface area contributed by atoms with E-state index in [0.717, 1.165) is 5.56 Å². The average molecular weight is 279 g/mol. The number of hydrogen-bond donors (Lipinski definition) is 2. The van der Waals surface area contributed by atoms with Gasteiger partial charge in [-0.15, -0.1) is 0 Å². The predicted molar refractivity (Wildman–Crippen MR) is 75.3 cm³/mol. The normalized spacial score (nSPS) is 12.6. The van der Waals surface area contributed by atoms with Crippen molar-refractivity contribution in [1.82, 2.24) is 5.32 Å². The van der Waals surface area contributed by atoms with Gasteiger partial charge in [-0.1, -0.05) is 51.1 Å². The smallest absolute Gasteiger partial charge is 0.408 e. The molecule has 0 aliphatic heterocycles. The molecular weight excluding hydrogens is 258 g/mol. The van der Waals surface area contributed by atoms with Crippen molar-refractivity contribution in [2.45, 2.75) is 39.8 Å². The van der Waals surface area contributed by atoms with Crippen LogP contribution in [0.15, 0.2) is 30.3 Å². The molecule has 0 unspecified atom stereocenters. The van der Waals surface area contributed by atoms with Crippen molar-refractivity contribution in [3.63, 3.8) is 0 Å². The molecule has 5 nitrogen and oxygen atoms in total. The Morgan fingerprint density at radius 3 is 2.35 bits per heavy atom. The molecule has 0 aromatic heterocycles. The second-order valence-corrected chi connectivity index (χ2v) is 5.86. The van der Waals surface area contributed by atoms with E-state index in [-0.39, 0.29) is 12.0 Å². The van der Waals surface area contributed by atoms with Crippen molar-refractivity contribution >= 4 is 12.1 Å². The molecule has 0 fully saturated rings. The highest BCUT2D eigenvalue weighted by molar-refractivity contribution is 5.79. The second-order valence-electron chi connectivity index (χ2n) is 5.86. The van der Waals surface area contributed by atoms with E-state index in [9.17, 15) is 9.59 Å². The van der Waals surface area contributed by atoms with Gasteiger partial charge in [-0.05, 0) is 17.4 Å². The molecule has 1 amide bonds. The minimum absolute atomic E-state index is 0.120. The minimum Gasteiger partial charge on any atom is -0.480 e. The Morgan fingerprint density at radius 2 is 1.85 bits per heavy atom. The summed E-state index contributed by atoms with van der Waals surface area (Å²) in [6.07, 6.45) is -0.381. The standard InChI is InChI=1S/C15H21NO4/c1-15(2,3)9-12(13(17)18)16-14(19)20-10-11-7-5-4-6-8-11/h4-8,12H,9-10H2,1-3H3,(H,16,19)(H,17,18)/t12-/m1/s1. The number of ether oxygens (including phenoxy) is 1. The Bertz CT molecular complexity index is 451. The summed E-state index contributed by atoms with van der Waals surface area (Å²) in [5.41, 5.74) is 0.654. The fraction of sp³-hybridized carbons (Fsp3) is 0.467. The Hall–Kier alpha value is -2.04. The SMILES string of the molecule is CC(C)(C)C[C@@H](NC(=O)OCc1ccccc1)C(=O)O. The molecule has 0 aliphatic rings. The fourth-order valence-corrected chi connectivity index (χ4v) is 1.72. The first-order chi connectivity index (χ1) is 9.28. The molecule has 2 N–H and O–H groups in total. The third kappa shape index (κ3) is 6.22. The van der Waals surface area contributed by atoms with Crippen molar-refractivity contribution in [1.29, 1.82) is 0 Å². The Balaban J connectivity index is 2.48. The maximum Gasteiger partial charge on any atom is 0.408 e. The first-order valence-corrected chi connectivity index (χ1v) is 6.48. The number of nitrogens with one attached hydrogen (secondary N) is 1. The summed E-state index contributed by atoms with van der Waals surface area (Å²) in [5, 5.41) is 11.5. The molecule has 0 radical (unpaired) electrons. The first kappa shape index (κ1) is 16.0. The number of alkyl carbamates (subject to hydrolysis) is 1. The zero-order valence-electron chi connectivity index (χ0n) is 12.1. The molecule has 1 aromatic rings. The molecule has 0 heterocycles. The molecule has 1 aromatic carbocycles. The van der Waals surface area contributed by atoms with E-state index in [2.05, 4.69) is 5.32 Å². The van der Waals surface area contributed by atoms with Crippen LogP contribution in [0.2, 0.25) is 0 Å². The predicted octanol–water partition coefficient (Wildman–Crippen LogP) is 2.80. The summed E-state index contributed by atoms with van der Waals surface area (Å²) in [7, 11) is 0. The van der Waals surface area contributed by atoms with Crippen LogP contribution >= 0.6 is 0 Å². The van der Waals surface area contributed by atoms with Crippen LogP contribution in [0, 0.1) is 5.41 Å². The maximum absolute atomic E-state index is 11.6. The molecule has 0 saturated heterocycles. The van der Waals surface area contributed by atoms with Gasteiger partial charge in [-0.2, -0.15) is 0 Å². The number of carbonyl (C=O) groups excluding carboxylic acids is 1. The van der Waals surface area contributed by atoms with Crippen molar-refractivity contribution in [3.05, 3.63) is 35.9 Å². The van der Waals surface area contributed by atoms with Crippen LogP contribution in [0.1, 0.15) is 32.8 Å². The molecule has 1 rings (SSSR count). The Kier molecular flexibility index (Phi) is 5.55. The van der Waals surface area contributed by atoms with E-state index >= 15 is 0 Å². The van der Waals surface area contributed by atoms with Crippen LogP contribution in [-0.2, 0) is 16.1 Å². The van der Waals surface area contributed by atoms with E-state index in [0.29, 0.717) is 6.42 Å². The highest BCUT2D eigenvalue weighted by Crippen LogP contribution is 2.21. The molecule has 5 heteroatoms. The molecule has 0 saturated carbocycles. The number of carboxylic acids is 1. The summed E-state index contributed by atoms with van der Waals surface area (Å²) >= 11 is 0. The van der Waals surface area contributed by atoms with Gasteiger partial charge in [-0.3, -0.25) is 0 Å². The van der Waals surface area contributed by atoms with E-state index < -0.39 is 18.1 Å². The van der Waals surface area contributed by atoms with E-state index in [4.69, 9.17) is 9.84 Å². The lowest BCUT2D eigenvalue weighted by molar-refractivity contribution is -0.140. The van der Waals surface area contributed by atoms with Crippen LogP contribution in [0.5, 0.6) is 0 Å². The Morgan fingerprint density at radius 1 is 1.25 bits per heavy atom. The third-order valence-electron chi connectivity index (χ3n) is 2.62. The van der Waals surface area contributed by atoms with E-state index in [1.54, 1.807) is 0 Å². The molecule has 1 atom stereocenters. The van der Waals surface area contributed by atoms with Crippen molar-refractivity contribution in [2.75, 3.05) is 0 Å². The average Bonchev–Trinajstić information content (AvgIpc) is 2.35. The van der Waals surface area contributed by atoms with Gasteiger partial charge in [-0.25, -0.2) is 9.59 Å². The van der Waals surface area contributed by atoms with Crippen LogP contribution in [0.25, 0.3) is 0 Å². The zero-order chi connectivity index (χ0) is 15.2.